The Hall–Kier alpha value is -2.55. The number of hydrogen-bond acceptors (Lipinski definition) is 3. The highest BCUT2D eigenvalue weighted by atomic mass is 19.4. The lowest BCUT2D eigenvalue weighted by molar-refractivity contribution is -0.274. The van der Waals surface area contributed by atoms with Crippen LogP contribution in [-0.2, 0) is 6.42 Å². The van der Waals surface area contributed by atoms with Crippen molar-refractivity contribution in [3.8, 4) is 17.6 Å². The lowest BCUT2D eigenvalue weighted by Crippen LogP contribution is -2.16. The van der Waals surface area contributed by atoms with Gasteiger partial charge in [-0.2, -0.15) is 0 Å². The Kier molecular flexibility index (Phi) is 5.58. The maximum atomic E-state index is 12.1. The predicted octanol–water partition coefficient (Wildman–Crippen LogP) is 4.12. The molecule has 1 aromatic heterocycles. The Bertz CT molecular complexity index is 683. The Morgan fingerprint density at radius 3 is 2.26 bits per heavy atom. The third-order valence-corrected chi connectivity index (χ3v) is 2.93. The first kappa shape index (κ1) is 16.8. The summed E-state index contributed by atoms with van der Waals surface area (Å²) in [4.78, 5) is 8.31. The predicted molar refractivity (Wildman–Crippen MR) is 79.7 cm³/mol. The van der Waals surface area contributed by atoms with Crippen molar-refractivity contribution >= 4 is 0 Å². The summed E-state index contributed by atoms with van der Waals surface area (Å²) >= 11 is 0. The molecule has 0 amide bonds. The van der Waals surface area contributed by atoms with E-state index < -0.39 is 6.36 Å². The fraction of sp³-hybridized carbons (Fsp3) is 0.294. The summed E-state index contributed by atoms with van der Waals surface area (Å²) < 4.78 is 40.0. The number of unbranched alkanes of at least 4 members (excludes halogenated alkanes) is 1. The van der Waals surface area contributed by atoms with E-state index >= 15 is 0 Å². The van der Waals surface area contributed by atoms with Gasteiger partial charge in [-0.3, -0.25) is 0 Å². The van der Waals surface area contributed by atoms with E-state index in [0.717, 1.165) is 24.8 Å². The molecule has 6 heteroatoms. The number of aromatic nitrogens is 2. The molecule has 0 aliphatic carbocycles. The van der Waals surface area contributed by atoms with Crippen molar-refractivity contribution in [1.82, 2.24) is 9.97 Å². The van der Waals surface area contributed by atoms with Crippen LogP contribution in [0.3, 0.4) is 0 Å². The molecule has 0 saturated carbocycles. The van der Waals surface area contributed by atoms with Crippen LogP contribution < -0.4 is 4.74 Å². The van der Waals surface area contributed by atoms with E-state index in [0.29, 0.717) is 11.4 Å². The summed E-state index contributed by atoms with van der Waals surface area (Å²) in [6.45, 7) is 2.12. The van der Waals surface area contributed by atoms with Gasteiger partial charge in [-0.1, -0.05) is 19.3 Å². The van der Waals surface area contributed by atoms with Gasteiger partial charge in [0.05, 0.1) is 0 Å². The van der Waals surface area contributed by atoms with E-state index in [1.165, 1.54) is 24.3 Å². The first-order valence-corrected chi connectivity index (χ1v) is 7.15. The largest absolute Gasteiger partial charge is 0.573 e. The second-order valence-electron chi connectivity index (χ2n) is 4.84. The van der Waals surface area contributed by atoms with Crippen LogP contribution in [0.2, 0.25) is 0 Å². The van der Waals surface area contributed by atoms with Crippen molar-refractivity contribution in [2.45, 2.75) is 32.5 Å². The molecule has 1 heterocycles. The minimum Gasteiger partial charge on any atom is -0.406 e. The van der Waals surface area contributed by atoms with Gasteiger partial charge in [-0.05, 0) is 48.6 Å². The number of aryl methyl sites for hydroxylation is 1. The van der Waals surface area contributed by atoms with E-state index in [1.807, 2.05) is 0 Å². The first-order valence-electron chi connectivity index (χ1n) is 7.15. The maximum absolute atomic E-state index is 12.1. The molecule has 0 aliphatic heterocycles. The van der Waals surface area contributed by atoms with Gasteiger partial charge in [-0.15, -0.1) is 13.2 Å². The fourth-order valence-electron chi connectivity index (χ4n) is 1.80. The van der Waals surface area contributed by atoms with Crippen molar-refractivity contribution in [2.75, 3.05) is 0 Å². The molecule has 0 N–H and O–H groups in total. The lowest BCUT2D eigenvalue weighted by atomic mass is 10.1. The van der Waals surface area contributed by atoms with Crippen molar-refractivity contribution in [3.05, 3.63) is 53.6 Å². The normalized spacial score (nSPS) is 10.8. The van der Waals surface area contributed by atoms with Crippen molar-refractivity contribution < 1.29 is 17.9 Å². The zero-order valence-electron chi connectivity index (χ0n) is 12.5. The lowest BCUT2D eigenvalue weighted by Gasteiger charge is -2.07. The molecule has 0 radical (unpaired) electrons. The van der Waals surface area contributed by atoms with Gasteiger partial charge < -0.3 is 4.74 Å². The quantitative estimate of drug-likeness (QED) is 0.795. The number of nitrogens with zero attached hydrogens (tertiary/aromatic N) is 2. The van der Waals surface area contributed by atoms with Gasteiger partial charge in [-0.25, -0.2) is 9.97 Å². The molecular formula is C17H15F3N2O. The minimum absolute atomic E-state index is 0.278. The number of hydrogen-bond donors (Lipinski definition) is 0. The number of benzene rings is 1. The van der Waals surface area contributed by atoms with Crippen LogP contribution in [0, 0.1) is 11.8 Å². The van der Waals surface area contributed by atoms with Gasteiger partial charge in [0.25, 0.3) is 0 Å². The summed E-state index contributed by atoms with van der Waals surface area (Å²) in [5.74, 6) is 5.68. The number of halogens is 3. The van der Waals surface area contributed by atoms with E-state index in [9.17, 15) is 13.2 Å². The van der Waals surface area contributed by atoms with Gasteiger partial charge in [0.2, 0.25) is 5.82 Å². The van der Waals surface area contributed by atoms with Crippen LogP contribution >= 0.6 is 0 Å². The standard InChI is InChI=1S/C17H15F3N2O/c1-2-3-4-14-11-21-16(22-12-14)10-7-13-5-8-15(9-6-13)23-17(18,19)20/h5-6,8-9,11-12H,2-4H2,1H3. The Balaban J connectivity index is 2.01. The van der Waals surface area contributed by atoms with Gasteiger partial charge >= 0.3 is 6.36 Å². The third kappa shape index (κ3) is 5.99. The Labute approximate surface area is 132 Å². The molecule has 0 atom stereocenters. The smallest absolute Gasteiger partial charge is 0.406 e. The van der Waals surface area contributed by atoms with Gasteiger partial charge in [0.15, 0.2) is 0 Å². The highest BCUT2D eigenvalue weighted by Gasteiger charge is 2.30. The van der Waals surface area contributed by atoms with Gasteiger partial charge in [0, 0.05) is 18.0 Å². The van der Waals surface area contributed by atoms with Crippen LogP contribution in [0.1, 0.15) is 36.7 Å². The van der Waals surface area contributed by atoms with E-state index in [-0.39, 0.29) is 5.75 Å². The van der Waals surface area contributed by atoms with Crippen LogP contribution in [-0.4, -0.2) is 16.3 Å². The molecule has 0 aliphatic rings. The van der Waals surface area contributed by atoms with Gasteiger partial charge in [0.1, 0.15) is 5.75 Å². The topological polar surface area (TPSA) is 35.0 Å². The van der Waals surface area contributed by atoms with Crippen molar-refractivity contribution in [1.29, 1.82) is 0 Å². The maximum Gasteiger partial charge on any atom is 0.573 e. The molecule has 2 aromatic rings. The summed E-state index contributed by atoms with van der Waals surface area (Å²) in [5.41, 5.74) is 1.62. The summed E-state index contributed by atoms with van der Waals surface area (Å²) in [6, 6.07) is 5.33. The second kappa shape index (κ2) is 7.63. The first-order chi connectivity index (χ1) is 11.0. The average Bonchev–Trinajstić information content (AvgIpc) is 2.52. The number of ether oxygens (including phenoxy) is 1. The molecule has 0 unspecified atom stereocenters. The Morgan fingerprint density at radius 2 is 1.70 bits per heavy atom. The van der Waals surface area contributed by atoms with E-state index in [1.54, 1.807) is 12.4 Å². The summed E-state index contributed by atoms with van der Waals surface area (Å²) in [7, 11) is 0. The highest BCUT2D eigenvalue weighted by Crippen LogP contribution is 2.22. The second-order valence-corrected chi connectivity index (χ2v) is 4.84. The molecule has 0 saturated heterocycles. The van der Waals surface area contributed by atoms with Crippen LogP contribution in [0.15, 0.2) is 36.7 Å². The molecule has 23 heavy (non-hydrogen) atoms. The fourth-order valence-corrected chi connectivity index (χ4v) is 1.80. The molecule has 0 fully saturated rings. The molecule has 1 aromatic carbocycles. The van der Waals surface area contributed by atoms with E-state index in [4.69, 9.17) is 0 Å². The molecular weight excluding hydrogens is 305 g/mol. The molecule has 120 valence electrons. The number of rotatable bonds is 4. The molecule has 0 bridgehead atoms. The summed E-state index contributed by atoms with van der Waals surface area (Å²) in [5, 5.41) is 0. The van der Waals surface area contributed by atoms with Crippen LogP contribution in [0.25, 0.3) is 0 Å². The molecule has 2 rings (SSSR count). The molecule has 3 nitrogen and oxygen atoms in total. The minimum atomic E-state index is -4.69. The monoisotopic (exact) mass is 320 g/mol. The van der Waals surface area contributed by atoms with Crippen molar-refractivity contribution in [3.63, 3.8) is 0 Å². The highest BCUT2D eigenvalue weighted by molar-refractivity contribution is 5.41. The van der Waals surface area contributed by atoms with Crippen LogP contribution in [0.4, 0.5) is 13.2 Å². The van der Waals surface area contributed by atoms with Crippen LogP contribution in [0.5, 0.6) is 5.75 Å². The van der Waals surface area contributed by atoms with Crippen molar-refractivity contribution in [2.24, 2.45) is 0 Å². The Morgan fingerprint density at radius 1 is 1.04 bits per heavy atom. The zero-order valence-corrected chi connectivity index (χ0v) is 12.5. The molecule has 0 spiro atoms. The third-order valence-electron chi connectivity index (χ3n) is 2.93. The summed E-state index contributed by atoms with van der Waals surface area (Å²) in [6.07, 6.45) is 1.92. The zero-order chi connectivity index (χ0) is 16.7. The number of alkyl halides is 3. The SMILES string of the molecule is CCCCc1cnc(C#Cc2ccc(OC(F)(F)F)cc2)nc1. The van der Waals surface area contributed by atoms with E-state index in [2.05, 4.69) is 33.5 Å². The average molecular weight is 320 g/mol.